The van der Waals surface area contributed by atoms with Crippen molar-refractivity contribution in [1.82, 2.24) is 4.90 Å². The highest BCUT2D eigenvalue weighted by molar-refractivity contribution is 6.36. The average Bonchev–Trinajstić information content (AvgIpc) is 2.75. The van der Waals surface area contributed by atoms with Gasteiger partial charge in [0.2, 0.25) is 0 Å². The van der Waals surface area contributed by atoms with E-state index in [0.717, 1.165) is 21.7 Å². The molecular formula is C19H17ClN2O2. The van der Waals surface area contributed by atoms with Crippen LogP contribution in [0.25, 0.3) is 5.57 Å². The number of rotatable bonds is 3. The van der Waals surface area contributed by atoms with Crippen molar-refractivity contribution >= 4 is 34.7 Å². The number of halogens is 1. The predicted octanol–water partition coefficient (Wildman–Crippen LogP) is 3.78. The summed E-state index contributed by atoms with van der Waals surface area (Å²) >= 11 is 5.92. The van der Waals surface area contributed by atoms with Gasteiger partial charge in [0.15, 0.2) is 0 Å². The highest BCUT2D eigenvalue weighted by Gasteiger charge is 2.36. The van der Waals surface area contributed by atoms with Gasteiger partial charge in [-0.15, -0.1) is 0 Å². The Hall–Kier alpha value is -2.59. The number of anilines is 1. The van der Waals surface area contributed by atoms with E-state index < -0.39 is 0 Å². The van der Waals surface area contributed by atoms with E-state index in [1.165, 1.54) is 7.05 Å². The predicted molar refractivity (Wildman–Crippen MR) is 95.7 cm³/mol. The van der Waals surface area contributed by atoms with Crippen LogP contribution >= 0.6 is 11.6 Å². The van der Waals surface area contributed by atoms with Gasteiger partial charge in [0.25, 0.3) is 11.8 Å². The molecule has 0 radical (unpaired) electrons. The van der Waals surface area contributed by atoms with E-state index in [4.69, 9.17) is 11.6 Å². The van der Waals surface area contributed by atoms with Crippen LogP contribution in [0.2, 0.25) is 5.02 Å². The summed E-state index contributed by atoms with van der Waals surface area (Å²) in [7, 11) is 1.48. The zero-order valence-electron chi connectivity index (χ0n) is 13.7. The van der Waals surface area contributed by atoms with Crippen molar-refractivity contribution in [3.05, 3.63) is 69.9 Å². The van der Waals surface area contributed by atoms with Gasteiger partial charge in [0.1, 0.15) is 5.70 Å². The number of amides is 2. The summed E-state index contributed by atoms with van der Waals surface area (Å²) in [6.07, 6.45) is 0. The lowest BCUT2D eigenvalue weighted by Crippen LogP contribution is -2.28. The maximum absolute atomic E-state index is 12.5. The van der Waals surface area contributed by atoms with Gasteiger partial charge >= 0.3 is 0 Å². The molecular weight excluding hydrogens is 324 g/mol. The number of hydrogen-bond acceptors (Lipinski definition) is 3. The smallest absolute Gasteiger partial charge is 0.277 e. The molecule has 0 spiro atoms. The van der Waals surface area contributed by atoms with Gasteiger partial charge in [0.05, 0.1) is 5.57 Å². The van der Waals surface area contributed by atoms with E-state index in [9.17, 15) is 9.59 Å². The van der Waals surface area contributed by atoms with Gasteiger partial charge in [0, 0.05) is 17.8 Å². The van der Waals surface area contributed by atoms with Gasteiger partial charge in [-0.05, 0) is 43.2 Å². The van der Waals surface area contributed by atoms with E-state index in [2.05, 4.69) is 5.32 Å². The van der Waals surface area contributed by atoms with Gasteiger partial charge < -0.3 is 5.32 Å². The standard InChI is InChI=1S/C19H17ClN2O2/c1-11-4-9-15(12(2)10-11)21-17-16(18(23)22(3)19(17)24)13-5-7-14(20)8-6-13/h4-10,21H,1-3H3. The lowest BCUT2D eigenvalue weighted by atomic mass is 10.0. The van der Waals surface area contributed by atoms with Crippen LogP contribution in [0.15, 0.2) is 48.2 Å². The molecule has 4 nitrogen and oxygen atoms in total. The first-order valence-electron chi connectivity index (χ1n) is 7.55. The summed E-state index contributed by atoms with van der Waals surface area (Å²) in [4.78, 5) is 26.1. The second-order valence-electron chi connectivity index (χ2n) is 5.87. The highest BCUT2D eigenvalue weighted by Crippen LogP contribution is 2.31. The average molecular weight is 341 g/mol. The molecule has 24 heavy (non-hydrogen) atoms. The van der Waals surface area contributed by atoms with Crippen molar-refractivity contribution in [1.29, 1.82) is 0 Å². The molecule has 0 saturated heterocycles. The molecule has 1 aliphatic rings. The normalized spacial score (nSPS) is 14.6. The van der Waals surface area contributed by atoms with E-state index in [-0.39, 0.29) is 17.5 Å². The number of nitrogens with one attached hydrogen (secondary N) is 1. The van der Waals surface area contributed by atoms with Crippen LogP contribution in [0.1, 0.15) is 16.7 Å². The number of benzene rings is 2. The molecule has 122 valence electrons. The summed E-state index contributed by atoms with van der Waals surface area (Å²) in [6, 6.07) is 12.8. The van der Waals surface area contributed by atoms with Crippen LogP contribution < -0.4 is 5.32 Å². The summed E-state index contributed by atoms with van der Waals surface area (Å²) in [5.74, 6) is -0.667. The minimum absolute atomic E-state index is 0.289. The van der Waals surface area contributed by atoms with Crippen LogP contribution in [0.5, 0.6) is 0 Å². The zero-order chi connectivity index (χ0) is 17.4. The SMILES string of the molecule is Cc1ccc(NC2=C(c3ccc(Cl)cc3)C(=O)N(C)C2=O)c(C)c1. The van der Waals surface area contributed by atoms with E-state index >= 15 is 0 Å². The van der Waals surface area contributed by atoms with Gasteiger partial charge in [-0.1, -0.05) is 41.4 Å². The molecule has 2 aromatic carbocycles. The first-order chi connectivity index (χ1) is 11.4. The number of likely N-dealkylation sites (N-methyl/N-ethyl adjacent to an activating group) is 1. The summed E-state index contributed by atoms with van der Waals surface area (Å²) in [5.41, 5.74) is 4.26. The lowest BCUT2D eigenvalue weighted by molar-refractivity contribution is -0.135. The fraction of sp³-hybridized carbons (Fsp3) is 0.158. The van der Waals surface area contributed by atoms with Crippen molar-refractivity contribution in [2.75, 3.05) is 12.4 Å². The Morgan fingerprint density at radius 1 is 0.958 bits per heavy atom. The van der Waals surface area contributed by atoms with Crippen molar-refractivity contribution in [3.63, 3.8) is 0 Å². The number of aryl methyl sites for hydroxylation is 2. The highest BCUT2D eigenvalue weighted by atomic mass is 35.5. The summed E-state index contributed by atoms with van der Waals surface area (Å²) < 4.78 is 0. The van der Waals surface area contributed by atoms with Crippen LogP contribution in [0, 0.1) is 13.8 Å². The Kier molecular flexibility index (Phi) is 4.16. The molecule has 0 aromatic heterocycles. The molecule has 5 heteroatoms. The third-order valence-electron chi connectivity index (χ3n) is 4.06. The van der Waals surface area contributed by atoms with Gasteiger partial charge in [-0.2, -0.15) is 0 Å². The molecule has 2 aromatic rings. The van der Waals surface area contributed by atoms with Crippen LogP contribution in [0.4, 0.5) is 5.69 Å². The fourth-order valence-corrected chi connectivity index (χ4v) is 2.86. The molecule has 1 heterocycles. The van der Waals surface area contributed by atoms with E-state index in [1.54, 1.807) is 24.3 Å². The van der Waals surface area contributed by atoms with Gasteiger partial charge in [-0.25, -0.2) is 0 Å². The Morgan fingerprint density at radius 3 is 2.25 bits per heavy atom. The second-order valence-corrected chi connectivity index (χ2v) is 6.31. The Labute approximate surface area is 145 Å². The largest absolute Gasteiger partial charge is 0.350 e. The third kappa shape index (κ3) is 2.81. The summed E-state index contributed by atoms with van der Waals surface area (Å²) in [6.45, 7) is 3.97. The molecule has 3 rings (SSSR count). The molecule has 0 unspecified atom stereocenters. The maximum atomic E-state index is 12.5. The fourth-order valence-electron chi connectivity index (χ4n) is 2.73. The maximum Gasteiger partial charge on any atom is 0.277 e. The molecule has 0 saturated carbocycles. The lowest BCUT2D eigenvalue weighted by Gasteiger charge is -2.12. The van der Waals surface area contributed by atoms with Crippen LogP contribution in [0.3, 0.4) is 0 Å². The topological polar surface area (TPSA) is 49.4 Å². The molecule has 2 amide bonds. The van der Waals surface area contributed by atoms with Crippen molar-refractivity contribution in [2.24, 2.45) is 0 Å². The van der Waals surface area contributed by atoms with E-state index in [0.29, 0.717) is 16.2 Å². The number of imide groups is 1. The minimum atomic E-state index is -0.343. The monoisotopic (exact) mass is 340 g/mol. The van der Waals surface area contributed by atoms with Crippen molar-refractivity contribution < 1.29 is 9.59 Å². The third-order valence-corrected chi connectivity index (χ3v) is 4.31. The number of nitrogens with zero attached hydrogens (tertiary/aromatic N) is 1. The quantitative estimate of drug-likeness (QED) is 0.865. The van der Waals surface area contributed by atoms with Crippen molar-refractivity contribution in [3.8, 4) is 0 Å². The number of carbonyl (C=O) groups excluding carboxylic acids is 2. The number of hydrogen-bond donors (Lipinski definition) is 1. The van der Waals surface area contributed by atoms with Crippen LogP contribution in [-0.2, 0) is 9.59 Å². The molecule has 1 aliphatic heterocycles. The first kappa shape index (κ1) is 16.3. The van der Waals surface area contributed by atoms with Crippen molar-refractivity contribution in [2.45, 2.75) is 13.8 Å². The Morgan fingerprint density at radius 2 is 1.62 bits per heavy atom. The van der Waals surface area contributed by atoms with Gasteiger partial charge in [-0.3, -0.25) is 14.5 Å². The Balaban J connectivity index is 2.10. The first-order valence-corrected chi connectivity index (χ1v) is 7.93. The van der Waals surface area contributed by atoms with Crippen LogP contribution in [-0.4, -0.2) is 23.8 Å². The molecule has 0 atom stereocenters. The Bertz CT molecular complexity index is 869. The molecule has 0 aliphatic carbocycles. The van der Waals surface area contributed by atoms with E-state index in [1.807, 2.05) is 32.0 Å². The number of carbonyl (C=O) groups is 2. The molecule has 0 fully saturated rings. The molecule has 1 N–H and O–H groups in total. The summed E-state index contributed by atoms with van der Waals surface area (Å²) in [5, 5.41) is 3.72. The second kappa shape index (κ2) is 6.13. The molecule has 0 bridgehead atoms. The minimum Gasteiger partial charge on any atom is -0.350 e. The zero-order valence-corrected chi connectivity index (χ0v) is 14.4.